The standard InChI is InChI=1S/C18H13N3O3S/c1-11-2-4-12(5-3-11)17-9-14(19-24-17)10-23-18(22)13-6-7-15-16(8-13)21-25-20-15/h2-9H,10H2,1H3. The number of aryl methyl sites for hydroxylation is 1. The van der Waals surface area contributed by atoms with Gasteiger partial charge in [0.05, 0.1) is 17.3 Å². The fraction of sp³-hybridized carbons (Fsp3) is 0.111. The van der Waals surface area contributed by atoms with Crippen LogP contribution in [0.15, 0.2) is 53.1 Å². The van der Waals surface area contributed by atoms with E-state index in [9.17, 15) is 4.79 Å². The molecule has 4 aromatic rings. The minimum absolute atomic E-state index is 0.0432. The van der Waals surface area contributed by atoms with Gasteiger partial charge in [-0.3, -0.25) is 0 Å². The Morgan fingerprint density at radius 2 is 1.88 bits per heavy atom. The van der Waals surface area contributed by atoms with Gasteiger partial charge in [-0.2, -0.15) is 8.75 Å². The number of hydrogen-bond donors (Lipinski definition) is 0. The average Bonchev–Trinajstić information content (AvgIpc) is 3.29. The summed E-state index contributed by atoms with van der Waals surface area (Å²) in [4.78, 5) is 12.2. The number of hydrogen-bond acceptors (Lipinski definition) is 7. The number of rotatable bonds is 4. The van der Waals surface area contributed by atoms with E-state index < -0.39 is 5.97 Å². The van der Waals surface area contributed by atoms with Crippen LogP contribution in [0.25, 0.3) is 22.4 Å². The van der Waals surface area contributed by atoms with Gasteiger partial charge in [-0.15, -0.1) is 0 Å². The van der Waals surface area contributed by atoms with Crippen LogP contribution in [0.4, 0.5) is 0 Å². The molecule has 0 saturated carbocycles. The third-order valence-electron chi connectivity index (χ3n) is 3.74. The predicted octanol–water partition coefficient (Wildman–Crippen LogP) is 4.01. The number of fused-ring (bicyclic) bond motifs is 1. The van der Waals surface area contributed by atoms with Crippen molar-refractivity contribution in [1.29, 1.82) is 0 Å². The fourth-order valence-corrected chi connectivity index (χ4v) is 2.88. The maximum absolute atomic E-state index is 12.2. The molecular formula is C18H13N3O3S. The molecule has 0 fully saturated rings. The third kappa shape index (κ3) is 3.27. The van der Waals surface area contributed by atoms with E-state index in [1.165, 1.54) is 5.56 Å². The van der Waals surface area contributed by atoms with Crippen molar-refractivity contribution in [3.05, 3.63) is 65.4 Å². The van der Waals surface area contributed by atoms with Crippen LogP contribution in [0.2, 0.25) is 0 Å². The molecule has 0 aliphatic heterocycles. The molecule has 0 unspecified atom stereocenters. The minimum atomic E-state index is -0.435. The van der Waals surface area contributed by atoms with Crippen molar-refractivity contribution < 1.29 is 14.1 Å². The predicted molar refractivity (Wildman–Crippen MR) is 93.2 cm³/mol. The van der Waals surface area contributed by atoms with Gasteiger partial charge in [0.15, 0.2) is 5.76 Å². The molecule has 0 N–H and O–H groups in total. The quantitative estimate of drug-likeness (QED) is 0.517. The smallest absolute Gasteiger partial charge is 0.338 e. The fourth-order valence-electron chi connectivity index (χ4n) is 2.37. The maximum Gasteiger partial charge on any atom is 0.338 e. The highest BCUT2D eigenvalue weighted by molar-refractivity contribution is 7.00. The van der Waals surface area contributed by atoms with Crippen LogP contribution in [0.3, 0.4) is 0 Å². The first-order valence-electron chi connectivity index (χ1n) is 7.61. The van der Waals surface area contributed by atoms with E-state index in [1.54, 1.807) is 24.3 Å². The van der Waals surface area contributed by atoms with E-state index in [0.29, 0.717) is 22.5 Å². The molecule has 0 amide bonds. The van der Waals surface area contributed by atoms with Crippen molar-refractivity contribution in [1.82, 2.24) is 13.9 Å². The molecule has 124 valence electrons. The van der Waals surface area contributed by atoms with Crippen LogP contribution in [0.1, 0.15) is 21.6 Å². The Balaban J connectivity index is 1.44. The van der Waals surface area contributed by atoms with Crippen LogP contribution in [-0.2, 0) is 11.3 Å². The first-order valence-corrected chi connectivity index (χ1v) is 8.34. The molecule has 0 atom stereocenters. The summed E-state index contributed by atoms with van der Waals surface area (Å²) >= 11 is 1.11. The van der Waals surface area contributed by atoms with Crippen LogP contribution in [0.5, 0.6) is 0 Å². The van der Waals surface area contributed by atoms with Gasteiger partial charge in [0.1, 0.15) is 23.3 Å². The summed E-state index contributed by atoms with van der Waals surface area (Å²) in [6.07, 6.45) is 0. The van der Waals surface area contributed by atoms with Crippen LogP contribution >= 0.6 is 11.7 Å². The van der Waals surface area contributed by atoms with Crippen LogP contribution < -0.4 is 0 Å². The summed E-state index contributed by atoms with van der Waals surface area (Å²) in [7, 11) is 0. The summed E-state index contributed by atoms with van der Waals surface area (Å²) in [5.41, 5.74) is 4.54. The monoisotopic (exact) mass is 351 g/mol. The summed E-state index contributed by atoms with van der Waals surface area (Å²) in [6.45, 7) is 2.07. The molecule has 2 aromatic carbocycles. The summed E-state index contributed by atoms with van der Waals surface area (Å²) < 4.78 is 18.8. The SMILES string of the molecule is Cc1ccc(-c2cc(COC(=O)c3ccc4nsnc4c3)no2)cc1. The van der Waals surface area contributed by atoms with Crippen LogP contribution in [-0.4, -0.2) is 19.9 Å². The molecule has 0 radical (unpaired) electrons. The van der Waals surface area contributed by atoms with Crippen molar-refractivity contribution in [2.24, 2.45) is 0 Å². The summed E-state index contributed by atoms with van der Waals surface area (Å²) in [5, 5.41) is 3.95. The molecule has 4 rings (SSSR count). The second kappa shape index (κ2) is 6.45. The van der Waals surface area contributed by atoms with Gasteiger partial charge in [0, 0.05) is 11.6 Å². The van der Waals surface area contributed by atoms with E-state index in [0.717, 1.165) is 22.8 Å². The van der Waals surface area contributed by atoms with Gasteiger partial charge in [-0.1, -0.05) is 35.0 Å². The topological polar surface area (TPSA) is 78.1 Å². The molecule has 0 aliphatic rings. The Labute approximate surface area is 147 Å². The van der Waals surface area contributed by atoms with E-state index >= 15 is 0 Å². The van der Waals surface area contributed by atoms with Gasteiger partial charge in [-0.05, 0) is 25.1 Å². The van der Waals surface area contributed by atoms with Gasteiger partial charge in [0.25, 0.3) is 0 Å². The lowest BCUT2D eigenvalue weighted by atomic mass is 10.1. The zero-order chi connectivity index (χ0) is 17.2. The molecule has 6 nitrogen and oxygen atoms in total. The van der Waals surface area contributed by atoms with E-state index in [1.807, 2.05) is 31.2 Å². The highest BCUT2D eigenvalue weighted by Gasteiger charge is 2.12. The molecule has 0 bridgehead atoms. The lowest BCUT2D eigenvalue weighted by Crippen LogP contribution is -2.05. The van der Waals surface area contributed by atoms with E-state index in [-0.39, 0.29) is 6.61 Å². The Morgan fingerprint density at radius 1 is 1.08 bits per heavy atom. The average molecular weight is 351 g/mol. The normalized spacial score (nSPS) is 10.9. The highest BCUT2D eigenvalue weighted by atomic mass is 32.1. The Morgan fingerprint density at radius 3 is 2.72 bits per heavy atom. The first-order chi connectivity index (χ1) is 12.2. The Kier molecular flexibility index (Phi) is 3.99. The van der Waals surface area contributed by atoms with Gasteiger partial charge >= 0.3 is 5.97 Å². The molecule has 0 spiro atoms. The largest absolute Gasteiger partial charge is 0.455 e. The Bertz CT molecular complexity index is 1040. The van der Waals surface area contributed by atoms with Crippen molar-refractivity contribution >= 4 is 28.7 Å². The zero-order valence-electron chi connectivity index (χ0n) is 13.3. The molecule has 0 aliphatic carbocycles. The number of esters is 1. The molecule has 2 aromatic heterocycles. The zero-order valence-corrected chi connectivity index (χ0v) is 14.1. The van der Waals surface area contributed by atoms with Crippen molar-refractivity contribution in [2.45, 2.75) is 13.5 Å². The highest BCUT2D eigenvalue weighted by Crippen LogP contribution is 2.21. The van der Waals surface area contributed by atoms with Gasteiger partial charge in [-0.25, -0.2) is 4.79 Å². The van der Waals surface area contributed by atoms with E-state index in [2.05, 4.69) is 13.9 Å². The Hall–Kier alpha value is -3.06. The number of carbonyl (C=O) groups excluding carboxylic acids is 1. The van der Waals surface area contributed by atoms with Crippen LogP contribution in [0, 0.1) is 6.92 Å². The van der Waals surface area contributed by atoms with E-state index in [4.69, 9.17) is 9.26 Å². The summed E-state index contributed by atoms with van der Waals surface area (Å²) in [5.74, 6) is 0.204. The molecule has 2 heterocycles. The van der Waals surface area contributed by atoms with Crippen molar-refractivity contribution in [2.75, 3.05) is 0 Å². The second-order valence-electron chi connectivity index (χ2n) is 5.59. The molecular weight excluding hydrogens is 338 g/mol. The lowest BCUT2D eigenvalue weighted by molar-refractivity contribution is 0.0464. The number of ether oxygens (including phenoxy) is 1. The van der Waals surface area contributed by atoms with Gasteiger partial charge < -0.3 is 9.26 Å². The second-order valence-corrected chi connectivity index (χ2v) is 6.12. The van der Waals surface area contributed by atoms with Crippen molar-refractivity contribution in [3.63, 3.8) is 0 Å². The molecule has 7 heteroatoms. The number of benzene rings is 2. The maximum atomic E-state index is 12.2. The lowest BCUT2D eigenvalue weighted by Gasteiger charge is -2.02. The molecule has 25 heavy (non-hydrogen) atoms. The third-order valence-corrected chi connectivity index (χ3v) is 4.29. The molecule has 0 saturated heterocycles. The van der Waals surface area contributed by atoms with Crippen molar-refractivity contribution in [3.8, 4) is 11.3 Å². The number of aromatic nitrogens is 3. The summed E-state index contributed by atoms with van der Waals surface area (Å²) in [6, 6.07) is 14.8. The van der Waals surface area contributed by atoms with Gasteiger partial charge in [0.2, 0.25) is 0 Å². The minimum Gasteiger partial charge on any atom is -0.455 e. The first kappa shape index (κ1) is 15.5. The number of carbonyl (C=O) groups is 1. The number of nitrogens with zero attached hydrogens (tertiary/aromatic N) is 3.